The third-order valence-electron chi connectivity index (χ3n) is 4.55. The second kappa shape index (κ2) is 6.96. The minimum Gasteiger partial charge on any atom is -0.244 e. The molecule has 26 heavy (non-hydrogen) atoms. The first-order chi connectivity index (χ1) is 12.2. The molecule has 1 aromatic carbocycles. The smallest absolute Gasteiger partial charge is 0.244 e. The number of hydrogen-bond donors (Lipinski definition) is 0. The number of rotatable bonds is 3. The van der Waals surface area contributed by atoms with Gasteiger partial charge < -0.3 is 0 Å². The van der Waals surface area contributed by atoms with E-state index in [0.717, 1.165) is 12.1 Å². The summed E-state index contributed by atoms with van der Waals surface area (Å²) in [5, 5.41) is 0. The number of alkyl halides is 3. The van der Waals surface area contributed by atoms with E-state index in [1.807, 2.05) is 0 Å². The third kappa shape index (κ3) is 4.04. The molecular formula is C17H18F3N3O2S. The summed E-state index contributed by atoms with van der Waals surface area (Å²) in [6.07, 6.45) is 0.765. The SMILES string of the molecule is CS(=O)(=O)N1CCC(c2ncncc2-c2cccc(C(F)(F)F)c2)CC1. The number of aromatic nitrogens is 2. The zero-order chi connectivity index (χ0) is 18.9. The molecule has 1 saturated heterocycles. The van der Waals surface area contributed by atoms with Crippen LogP contribution in [-0.2, 0) is 16.2 Å². The van der Waals surface area contributed by atoms with Crippen LogP contribution in [-0.4, -0.2) is 42.0 Å². The van der Waals surface area contributed by atoms with Crippen LogP contribution in [0.4, 0.5) is 13.2 Å². The lowest BCUT2D eigenvalue weighted by molar-refractivity contribution is -0.137. The highest BCUT2D eigenvalue weighted by atomic mass is 32.2. The lowest BCUT2D eigenvalue weighted by Gasteiger charge is -2.30. The summed E-state index contributed by atoms with van der Waals surface area (Å²) in [5.41, 5.74) is 0.890. The summed E-state index contributed by atoms with van der Waals surface area (Å²) in [4.78, 5) is 8.26. The van der Waals surface area contributed by atoms with Gasteiger partial charge in [-0.1, -0.05) is 12.1 Å². The lowest BCUT2D eigenvalue weighted by atomic mass is 9.89. The van der Waals surface area contributed by atoms with E-state index < -0.39 is 21.8 Å². The lowest BCUT2D eigenvalue weighted by Crippen LogP contribution is -2.37. The van der Waals surface area contributed by atoms with Crippen LogP contribution in [0, 0.1) is 0 Å². The minimum absolute atomic E-state index is 0.0273. The number of halogens is 3. The van der Waals surface area contributed by atoms with Crippen molar-refractivity contribution < 1.29 is 21.6 Å². The van der Waals surface area contributed by atoms with E-state index in [2.05, 4.69) is 9.97 Å². The van der Waals surface area contributed by atoms with E-state index in [4.69, 9.17) is 0 Å². The molecule has 0 saturated carbocycles. The zero-order valence-electron chi connectivity index (χ0n) is 14.1. The predicted octanol–water partition coefficient (Wildman–Crippen LogP) is 3.30. The molecule has 5 nitrogen and oxygen atoms in total. The zero-order valence-corrected chi connectivity index (χ0v) is 14.9. The molecular weight excluding hydrogens is 367 g/mol. The summed E-state index contributed by atoms with van der Waals surface area (Å²) in [6.45, 7) is 0.741. The van der Waals surface area contributed by atoms with Crippen LogP contribution in [0.15, 0.2) is 36.8 Å². The number of benzene rings is 1. The van der Waals surface area contributed by atoms with Crippen LogP contribution in [0.1, 0.15) is 30.0 Å². The fourth-order valence-corrected chi connectivity index (χ4v) is 4.08. The number of sulfonamides is 1. The van der Waals surface area contributed by atoms with Crippen molar-refractivity contribution in [3.8, 4) is 11.1 Å². The Labute approximate surface area is 149 Å². The van der Waals surface area contributed by atoms with Gasteiger partial charge in [0.25, 0.3) is 0 Å². The Morgan fingerprint density at radius 1 is 1.19 bits per heavy atom. The molecule has 2 heterocycles. The molecule has 1 aliphatic rings. The van der Waals surface area contributed by atoms with E-state index in [9.17, 15) is 21.6 Å². The van der Waals surface area contributed by atoms with Crippen molar-refractivity contribution in [2.45, 2.75) is 24.9 Å². The normalized spacial score (nSPS) is 17.4. The van der Waals surface area contributed by atoms with Gasteiger partial charge in [-0.2, -0.15) is 13.2 Å². The highest BCUT2D eigenvalue weighted by molar-refractivity contribution is 7.88. The Balaban J connectivity index is 1.91. The average molecular weight is 385 g/mol. The molecule has 1 fully saturated rings. The largest absolute Gasteiger partial charge is 0.416 e. The van der Waals surface area contributed by atoms with E-state index >= 15 is 0 Å². The molecule has 0 amide bonds. The quantitative estimate of drug-likeness (QED) is 0.813. The van der Waals surface area contributed by atoms with E-state index in [-0.39, 0.29) is 5.92 Å². The fraction of sp³-hybridized carbons (Fsp3) is 0.412. The number of piperidine rings is 1. The van der Waals surface area contributed by atoms with Crippen molar-refractivity contribution in [1.29, 1.82) is 0 Å². The van der Waals surface area contributed by atoms with Crippen molar-refractivity contribution in [3.05, 3.63) is 48.0 Å². The number of hydrogen-bond acceptors (Lipinski definition) is 4. The molecule has 0 aliphatic carbocycles. The van der Waals surface area contributed by atoms with Crippen LogP contribution in [0.2, 0.25) is 0 Å². The van der Waals surface area contributed by atoms with Gasteiger partial charge in [0, 0.05) is 30.8 Å². The summed E-state index contributed by atoms with van der Waals surface area (Å²) in [7, 11) is -3.24. The Hall–Kier alpha value is -2.00. The maximum atomic E-state index is 13.0. The maximum absolute atomic E-state index is 13.0. The summed E-state index contributed by atoms with van der Waals surface area (Å²) in [5.74, 6) is -0.0273. The fourth-order valence-electron chi connectivity index (χ4n) is 3.21. The Morgan fingerprint density at radius 2 is 1.88 bits per heavy atom. The van der Waals surface area contributed by atoms with Gasteiger partial charge in [-0.25, -0.2) is 22.7 Å². The molecule has 0 radical (unpaired) electrons. The van der Waals surface area contributed by atoms with Crippen LogP contribution >= 0.6 is 0 Å². The Kier molecular flexibility index (Phi) is 5.03. The van der Waals surface area contributed by atoms with Crippen molar-refractivity contribution in [2.24, 2.45) is 0 Å². The van der Waals surface area contributed by atoms with Crippen molar-refractivity contribution in [2.75, 3.05) is 19.3 Å². The topological polar surface area (TPSA) is 63.2 Å². The van der Waals surface area contributed by atoms with Gasteiger partial charge in [-0.3, -0.25) is 0 Å². The first kappa shape index (κ1) is 18.8. The highest BCUT2D eigenvalue weighted by Crippen LogP contribution is 2.36. The van der Waals surface area contributed by atoms with Gasteiger partial charge in [0.15, 0.2) is 0 Å². The number of nitrogens with zero attached hydrogens (tertiary/aromatic N) is 3. The molecule has 0 bridgehead atoms. The van der Waals surface area contributed by atoms with Crippen molar-refractivity contribution in [3.63, 3.8) is 0 Å². The first-order valence-corrected chi connectivity index (χ1v) is 9.94. The molecule has 2 aromatic rings. The molecule has 0 unspecified atom stereocenters. The molecule has 0 N–H and O–H groups in total. The van der Waals surface area contributed by atoms with Crippen LogP contribution < -0.4 is 0 Å². The molecule has 140 valence electrons. The molecule has 1 aromatic heterocycles. The molecule has 9 heteroatoms. The van der Waals surface area contributed by atoms with Gasteiger partial charge in [0.2, 0.25) is 10.0 Å². The Bertz CT molecular complexity index is 892. The standard InChI is InChI=1S/C17H18F3N3O2S/c1-26(24,25)23-7-5-12(6-8-23)16-15(10-21-11-22-16)13-3-2-4-14(9-13)17(18,19)20/h2-4,9-12H,5-8H2,1H3. The predicted molar refractivity (Wildman–Crippen MR) is 90.9 cm³/mol. The molecule has 0 atom stereocenters. The van der Waals surface area contributed by atoms with Gasteiger partial charge in [-0.05, 0) is 30.5 Å². The molecule has 1 aliphatic heterocycles. The summed E-state index contributed by atoms with van der Waals surface area (Å²) >= 11 is 0. The van der Waals surface area contributed by atoms with Crippen molar-refractivity contribution >= 4 is 10.0 Å². The van der Waals surface area contributed by atoms with Crippen LogP contribution in [0.5, 0.6) is 0 Å². The first-order valence-electron chi connectivity index (χ1n) is 8.09. The second-order valence-corrected chi connectivity index (χ2v) is 8.32. The maximum Gasteiger partial charge on any atom is 0.416 e. The Morgan fingerprint density at radius 3 is 2.50 bits per heavy atom. The average Bonchev–Trinajstić information content (AvgIpc) is 2.60. The van der Waals surface area contributed by atoms with Gasteiger partial charge in [0.05, 0.1) is 17.5 Å². The van der Waals surface area contributed by atoms with E-state index in [0.29, 0.717) is 42.8 Å². The van der Waals surface area contributed by atoms with E-state index in [1.54, 1.807) is 6.07 Å². The monoisotopic (exact) mass is 385 g/mol. The van der Waals surface area contributed by atoms with Crippen LogP contribution in [0.25, 0.3) is 11.1 Å². The minimum atomic E-state index is -4.42. The van der Waals surface area contributed by atoms with Gasteiger partial charge in [0.1, 0.15) is 6.33 Å². The summed E-state index contributed by atoms with van der Waals surface area (Å²) < 4.78 is 63.7. The van der Waals surface area contributed by atoms with Gasteiger partial charge >= 0.3 is 6.18 Å². The second-order valence-electron chi connectivity index (χ2n) is 6.34. The van der Waals surface area contributed by atoms with E-state index in [1.165, 1.54) is 29.2 Å². The van der Waals surface area contributed by atoms with Crippen molar-refractivity contribution in [1.82, 2.24) is 14.3 Å². The van der Waals surface area contributed by atoms with Gasteiger partial charge in [-0.15, -0.1) is 0 Å². The molecule has 3 rings (SSSR count). The van der Waals surface area contributed by atoms with Crippen LogP contribution in [0.3, 0.4) is 0 Å². The summed E-state index contributed by atoms with van der Waals surface area (Å²) in [6, 6.07) is 5.08. The highest BCUT2D eigenvalue weighted by Gasteiger charge is 2.31. The molecule has 0 spiro atoms. The third-order valence-corrected chi connectivity index (χ3v) is 5.86.